The average molecular weight is 250 g/mol. The molecule has 1 unspecified atom stereocenters. The lowest BCUT2D eigenvalue weighted by Crippen LogP contribution is -2.16. The first-order valence-corrected chi connectivity index (χ1v) is 6.77. The number of nitrogens with one attached hydrogen (secondary N) is 1. The van der Waals surface area contributed by atoms with Crippen molar-refractivity contribution in [2.75, 3.05) is 32.5 Å². The van der Waals surface area contributed by atoms with E-state index in [0.717, 1.165) is 37.4 Å². The van der Waals surface area contributed by atoms with Gasteiger partial charge in [0.15, 0.2) is 0 Å². The van der Waals surface area contributed by atoms with Crippen LogP contribution in [0.15, 0.2) is 24.3 Å². The third kappa shape index (κ3) is 5.92. The van der Waals surface area contributed by atoms with E-state index in [1.54, 1.807) is 0 Å². The Bertz CT molecular complexity index is 339. The highest BCUT2D eigenvalue weighted by molar-refractivity contribution is 5.48. The average Bonchev–Trinajstić information content (AvgIpc) is 2.35. The van der Waals surface area contributed by atoms with E-state index in [4.69, 9.17) is 4.74 Å². The van der Waals surface area contributed by atoms with Crippen LogP contribution in [0.2, 0.25) is 0 Å². The van der Waals surface area contributed by atoms with Gasteiger partial charge >= 0.3 is 0 Å². The van der Waals surface area contributed by atoms with E-state index in [2.05, 4.69) is 50.3 Å². The van der Waals surface area contributed by atoms with Crippen molar-refractivity contribution >= 4 is 5.69 Å². The summed E-state index contributed by atoms with van der Waals surface area (Å²) >= 11 is 0. The molecular formula is C15H26N2O. The van der Waals surface area contributed by atoms with Gasteiger partial charge in [-0.1, -0.05) is 13.0 Å². The Hall–Kier alpha value is -1.22. The molecule has 0 saturated heterocycles. The fourth-order valence-corrected chi connectivity index (χ4v) is 1.62. The van der Waals surface area contributed by atoms with Crippen molar-refractivity contribution in [1.82, 2.24) is 4.90 Å². The van der Waals surface area contributed by atoms with Crippen molar-refractivity contribution < 1.29 is 4.74 Å². The molecule has 0 bridgehead atoms. The fraction of sp³-hybridized carbons (Fsp3) is 0.600. The molecule has 0 amide bonds. The van der Waals surface area contributed by atoms with Crippen LogP contribution in [0.25, 0.3) is 0 Å². The van der Waals surface area contributed by atoms with Crippen LogP contribution in [0.5, 0.6) is 5.75 Å². The second-order valence-electron chi connectivity index (χ2n) is 4.95. The fourth-order valence-electron chi connectivity index (χ4n) is 1.62. The number of hydrogen-bond acceptors (Lipinski definition) is 3. The number of anilines is 1. The number of nitrogens with zero attached hydrogens (tertiary/aromatic N) is 1. The standard InChI is InChI=1S/C15H26N2O/c1-5-13(2)18-15-9-6-8-14(12-15)16-10-7-11-17(3)4/h6,8-9,12-13,16H,5,7,10-11H2,1-4H3. The minimum absolute atomic E-state index is 0.272. The Morgan fingerprint density at radius 1 is 1.33 bits per heavy atom. The lowest BCUT2D eigenvalue weighted by atomic mass is 10.2. The van der Waals surface area contributed by atoms with Crippen molar-refractivity contribution in [1.29, 1.82) is 0 Å². The molecule has 1 aromatic rings. The van der Waals surface area contributed by atoms with Crippen LogP contribution in [-0.2, 0) is 0 Å². The largest absolute Gasteiger partial charge is 0.491 e. The Balaban J connectivity index is 2.39. The van der Waals surface area contributed by atoms with Gasteiger partial charge in [-0.25, -0.2) is 0 Å². The summed E-state index contributed by atoms with van der Waals surface area (Å²) in [7, 11) is 4.20. The molecule has 0 aliphatic rings. The van der Waals surface area contributed by atoms with Crippen LogP contribution >= 0.6 is 0 Å². The van der Waals surface area contributed by atoms with Gasteiger partial charge in [0, 0.05) is 18.3 Å². The maximum Gasteiger partial charge on any atom is 0.121 e. The Morgan fingerprint density at radius 3 is 2.78 bits per heavy atom. The van der Waals surface area contributed by atoms with Crippen LogP contribution in [0.4, 0.5) is 5.69 Å². The van der Waals surface area contributed by atoms with E-state index in [1.807, 2.05) is 12.1 Å². The maximum atomic E-state index is 5.80. The summed E-state index contributed by atoms with van der Waals surface area (Å²) in [6, 6.07) is 8.20. The molecule has 1 N–H and O–H groups in total. The lowest BCUT2D eigenvalue weighted by Gasteiger charge is -2.14. The van der Waals surface area contributed by atoms with E-state index >= 15 is 0 Å². The van der Waals surface area contributed by atoms with E-state index in [0.29, 0.717) is 0 Å². The molecule has 18 heavy (non-hydrogen) atoms. The van der Waals surface area contributed by atoms with Gasteiger partial charge in [0.2, 0.25) is 0 Å². The summed E-state index contributed by atoms with van der Waals surface area (Å²) in [5, 5.41) is 3.42. The Morgan fingerprint density at radius 2 is 2.11 bits per heavy atom. The van der Waals surface area contributed by atoms with Crippen molar-refractivity contribution in [2.24, 2.45) is 0 Å². The summed E-state index contributed by atoms with van der Waals surface area (Å²) < 4.78 is 5.80. The monoisotopic (exact) mass is 250 g/mol. The molecule has 3 nitrogen and oxygen atoms in total. The van der Waals surface area contributed by atoms with Gasteiger partial charge in [0.1, 0.15) is 5.75 Å². The maximum absolute atomic E-state index is 5.80. The van der Waals surface area contributed by atoms with Gasteiger partial charge in [-0.2, -0.15) is 0 Å². The zero-order valence-electron chi connectivity index (χ0n) is 12.1. The van der Waals surface area contributed by atoms with Gasteiger partial charge in [-0.15, -0.1) is 0 Å². The Kier molecular flexibility index (Phi) is 6.58. The normalized spacial score (nSPS) is 12.5. The van der Waals surface area contributed by atoms with Gasteiger partial charge in [-0.3, -0.25) is 0 Å². The molecule has 0 radical (unpaired) electrons. The highest BCUT2D eigenvalue weighted by atomic mass is 16.5. The number of ether oxygens (including phenoxy) is 1. The molecule has 1 atom stereocenters. The van der Waals surface area contributed by atoms with E-state index in [9.17, 15) is 0 Å². The topological polar surface area (TPSA) is 24.5 Å². The third-order valence-corrected chi connectivity index (χ3v) is 2.86. The highest BCUT2D eigenvalue weighted by Gasteiger charge is 2.01. The zero-order chi connectivity index (χ0) is 13.4. The molecule has 0 heterocycles. The third-order valence-electron chi connectivity index (χ3n) is 2.86. The smallest absolute Gasteiger partial charge is 0.121 e. The molecule has 102 valence electrons. The summed E-state index contributed by atoms with van der Waals surface area (Å²) in [5.41, 5.74) is 1.13. The van der Waals surface area contributed by atoms with Crippen molar-refractivity contribution in [3.63, 3.8) is 0 Å². The summed E-state index contributed by atoms with van der Waals surface area (Å²) in [6.07, 6.45) is 2.44. The van der Waals surface area contributed by atoms with Crippen LogP contribution in [-0.4, -0.2) is 38.2 Å². The van der Waals surface area contributed by atoms with Crippen LogP contribution < -0.4 is 10.1 Å². The lowest BCUT2D eigenvalue weighted by molar-refractivity contribution is 0.217. The Labute approximate surface area is 111 Å². The predicted octanol–water partition coefficient (Wildman–Crippen LogP) is 3.23. The van der Waals surface area contributed by atoms with Crippen molar-refractivity contribution in [3.05, 3.63) is 24.3 Å². The first-order valence-electron chi connectivity index (χ1n) is 6.77. The molecule has 0 saturated carbocycles. The van der Waals surface area contributed by atoms with Gasteiger partial charge in [0.25, 0.3) is 0 Å². The zero-order valence-corrected chi connectivity index (χ0v) is 12.1. The molecule has 1 rings (SSSR count). The van der Waals surface area contributed by atoms with E-state index in [1.165, 1.54) is 0 Å². The molecule has 0 aromatic heterocycles. The predicted molar refractivity (Wildman–Crippen MR) is 78.5 cm³/mol. The summed E-state index contributed by atoms with van der Waals surface area (Å²) in [5.74, 6) is 0.946. The van der Waals surface area contributed by atoms with E-state index in [-0.39, 0.29) is 6.10 Å². The minimum Gasteiger partial charge on any atom is -0.491 e. The molecule has 0 aliphatic heterocycles. The van der Waals surface area contributed by atoms with Crippen LogP contribution in [0.3, 0.4) is 0 Å². The molecule has 3 heteroatoms. The second-order valence-corrected chi connectivity index (χ2v) is 4.95. The molecule has 0 aliphatic carbocycles. The second kappa shape index (κ2) is 7.98. The molecule has 0 fully saturated rings. The molecule has 0 spiro atoms. The first kappa shape index (κ1) is 14.8. The molecular weight excluding hydrogens is 224 g/mol. The number of hydrogen-bond donors (Lipinski definition) is 1. The van der Waals surface area contributed by atoms with E-state index < -0.39 is 0 Å². The van der Waals surface area contributed by atoms with Gasteiger partial charge in [0.05, 0.1) is 6.10 Å². The number of benzene rings is 1. The van der Waals surface area contributed by atoms with Gasteiger partial charge in [-0.05, 0) is 52.5 Å². The number of rotatable bonds is 8. The van der Waals surface area contributed by atoms with Crippen molar-refractivity contribution in [3.8, 4) is 5.75 Å². The minimum atomic E-state index is 0.272. The van der Waals surface area contributed by atoms with Crippen LogP contribution in [0, 0.1) is 0 Å². The summed E-state index contributed by atoms with van der Waals surface area (Å²) in [4.78, 5) is 2.20. The van der Waals surface area contributed by atoms with Crippen LogP contribution in [0.1, 0.15) is 26.7 Å². The quantitative estimate of drug-likeness (QED) is 0.717. The molecule has 1 aromatic carbocycles. The van der Waals surface area contributed by atoms with Crippen molar-refractivity contribution in [2.45, 2.75) is 32.8 Å². The SMILES string of the molecule is CCC(C)Oc1cccc(NCCCN(C)C)c1. The van der Waals surface area contributed by atoms with Gasteiger partial charge < -0.3 is 15.0 Å². The summed E-state index contributed by atoms with van der Waals surface area (Å²) in [6.45, 7) is 6.33. The first-order chi connectivity index (χ1) is 8.61. The highest BCUT2D eigenvalue weighted by Crippen LogP contribution is 2.19.